The van der Waals surface area contributed by atoms with Gasteiger partial charge in [0.25, 0.3) is 0 Å². The number of ether oxygens (including phenoxy) is 1. The highest BCUT2D eigenvalue weighted by Crippen LogP contribution is 2.38. The second kappa shape index (κ2) is 15.0. The van der Waals surface area contributed by atoms with E-state index in [1.807, 2.05) is 27.7 Å². The first-order valence-corrected chi connectivity index (χ1v) is 16.5. The topological polar surface area (TPSA) is 155 Å². The van der Waals surface area contributed by atoms with Gasteiger partial charge in [0.2, 0.25) is 17.7 Å². The number of nitrogens with two attached hydrogens (primary N) is 1. The number of nitrogens with one attached hydrogen (secondary N) is 4. The molecule has 1 aromatic heterocycles. The van der Waals surface area contributed by atoms with Gasteiger partial charge in [0.05, 0.1) is 10.5 Å². The van der Waals surface area contributed by atoms with Crippen LogP contribution in [0.4, 0.5) is 4.79 Å². The predicted octanol–water partition coefficient (Wildman–Crippen LogP) is 5.83. The van der Waals surface area contributed by atoms with Crippen LogP contribution >= 0.6 is 34.8 Å². The number of H-pyrrole nitrogens is 1. The van der Waals surface area contributed by atoms with E-state index >= 15 is 0 Å². The van der Waals surface area contributed by atoms with Crippen molar-refractivity contribution in [2.75, 3.05) is 0 Å². The molecule has 0 spiro atoms. The molecule has 0 bridgehead atoms. The number of halogens is 3. The number of benzene rings is 2. The SMILES string of the molecule is CCC(C)[C@H](NC(=O)[C@@]1(NC(=O)[C@@H](NC(=O)OCc2cccc(Cl)c2)C(C)CC)CCc2[nH]c3c(Cl)cc(Cl)cc3c2C1)C(N)=O. The summed E-state index contributed by atoms with van der Waals surface area (Å²) in [6.07, 6.45) is 1.01. The zero-order valence-corrected chi connectivity index (χ0v) is 28.5. The van der Waals surface area contributed by atoms with Crippen LogP contribution in [0.2, 0.25) is 15.1 Å². The number of aromatic nitrogens is 1. The Bertz CT molecular complexity index is 1630. The first-order valence-electron chi connectivity index (χ1n) is 15.4. The Morgan fingerprint density at radius 2 is 1.67 bits per heavy atom. The van der Waals surface area contributed by atoms with Crippen molar-refractivity contribution in [1.82, 2.24) is 20.9 Å². The maximum absolute atomic E-state index is 14.2. The van der Waals surface area contributed by atoms with Gasteiger partial charge in [-0.05, 0) is 60.1 Å². The maximum Gasteiger partial charge on any atom is 0.408 e. The summed E-state index contributed by atoms with van der Waals surface area (Å²) in [6.45, 7) is 7.38. The van der Waals surface area contributed by atoms with Gasteiger partial charge >= 0.3 is 6.09 Å². The third-order valence-electron chi connectivity index (χ3n) is 8.93. The van der Waals surface area contributed by atoms with Gasteiger partial charge in [-0.15, -0.1) is 0 Å². The van der Waals surface area contributed by atoms with E-state index in [1.165, 1.54) is 0 Å². The first-order chi connectivity index (χ1) is 21.8. The van der Waals surface area contributed by atoms with E-state index in [1.54, 1.807) is 36.4 Å². The molecule has 4 amide bonds. The van der Waals surface area contributed by atoms with Crippen molar-refractivity contribution < 1.29 is 23.9 Å². The monoisotopic (exact) mass is 691 g/mol. The minimum absolute atomic E-state index is 0.0494. The average molecular weight is 693 g/mol. The van der Waals surface area contributed by atoms with Gasteiger partial charge in [0, 0.05) is 27.5 Å². The van der Waals surface area contributed by atoms with E-state index in [0.717, 1.165) is 16.6 Å². The molecule has 13 heteroatoms. The minimum Gasteiger partial charge on any atom is -0.445 e. The quantitative estimate of drug-likeness (QED) is 0.162. The van der Waals surface area contributed by atoms with Crippen LogP contribution in [0.3, 0.4) is 0 Å². The van der Waals surface area contributed by atoms with Crippen molar-refractivity contribution in [1.29, 1.82) is 0 Å². The van der Waals surface area contributed by atoms with E-state index in [2.05, 4.69) is 20.9 Å². The smallest absolute Gasteiger partial charge is 0.408 e. The fourth-order valence-electron chi connectivity index (χ4n) is 5.80. The summed E-state index contributed by atoms with van der Waals surface area (Å²) in [5.74, 6) is -2.36. The van der Waals surface area contributed by atoms with Crippen LogP contribution in [-0.2, 0) is 38.6 Å². The molecule has 0 fully saturated rings. The predicted molar refractivity (Wildman–Crippen MR) is 180 cm³/mol. The fourth-order valence-corrected chi connectivity index (χ4v) is 6.55. The lowest BCUT2D eigenvalue weighted by Crippen LogP contribution is -2.67. The summed E-state index contributed by atoms with van der Waals surface area (Å²) in [7, 11) is 0. The van der Waals surface area contributed by atoms with E-state index in [4.69, 9.17) is 45.3 Å². The Labute approximate surface area is 283 Å². The molecule has 6 N–H and O–H groups in total. The van der Waals surface area contributed by atoms with Crippen LogP contribution in [0.5, 0.6) is 0 Å². The Balaban J connectivity index is 1.66. The minimum atomic E-state index is -1.49. The van der Waals surface area contributed by atoms with Crippen LogP contribution in [0.15, 0.2) is 36.4 Å². The molecule has 0 saturated carbocycles. The number of hydrogen-bond donors (Lipinski definition) is 5. The first kappa shape index (κ1) is 35.4. The molecular weight excluding hydrogens is 653 g/mol. The Morgan fingerprint density at radius 3 is 2.33 bits per heavy atom. The van der Waals surface area contributed by atoms with Crippen molar-refractivity contribution in [3.8, 4) is 0 Å². The Morgan fingerprint density at radius 1 is 0.978 bits per heavy atom. The number of primary amides is 1. The molecule has 0 saturated heterocycles. The lowest BCUT2D eigenvalue weighted by Gasteiger charge is -2.39. The summed E-state index contributed by atoms with van der Waals surface area (Å²) in [4.78, 5) is 57.0. The number of aromatic amines is 1. The van der Waals surface area contributed by atoms with Crippen molar-refractivity contribution in [2.45, 2.75) is 84.0 Å². The van der Waals surface area contributed by atoms with Crippen LogP contribution in [0, 0.1) is 11.8 Å². The van der Waals surface area contributed by atoms with Gasteiger partial charge < -0.3 is 31.4 Å². The third-order valence-corrected chi connectivity index (χ3v) is 9.68. The number of amides is 4. The van der Waals surface area contributed by atoms with Crippen LogP contribution in [0.25, 0.3) is 10.9 Å². The highest BCUT2D eigenvalue weighted by Gasteiger charge is 2.46. The largest absolute Gasteiger partial charge is 0.445 e. The molecule has 1 heterocycles. The van der Waals surface area contributed by atoms with Gasteiger partial charge in [0.1, 0.15) is 24.2 Å². The molecule has 2 unspecified atom stereocenters. The highest BCUT2D eigenvalue weighted by molar-refractivity contribution is 6.38. The summed E-state index contributed by atoms with van der Waals surface area (Å²) in [5.41, 5.74) is 7.21. The summed E-state index contributed by atoms with van der Waals surface area (Å²) in [6, 6.07) is 8.31. The highest BCUT2D eigenvalue weighted by atomic mass is 35.5. The van der Waals surface area contributed by atoms with Crippen molar-refractivity contribution in [2.24, 2.45) is 17.6 Å². The number of carbonyl (C=O) groups is 4. The van der Waals surface area contributed by atoms with Crippen LogP contribution in [0.1, 0.15) is 63.8 Å². The standard InChI is InChI=1S/C33H40Cl3N5O5/c1-5-17(3)26(29(37)42)39-31(44)33(11-10-25-23(15-33)22-13-21(35)14-24(36)28(22)38-25)41-30(43)27(18(4)6-2)40-32(45)46-16-19-8-7-9-20(34)12-19/h7-9,12-14,17-18,26-27,38H,5-6,10-11,15-16H2,1-4H3,(H2,37,42)(H,39,44)(H,40,45)(H,41,43)/t17?,18?,26-,27-,33+/m0/s1. The van der Waals surface area contributed by atoms with E-state index < -0.39 is 41.4 Å². The molecule has 3 aromatic rings. The second-order valence-corrected chi connectivity index (χ2v) is 13.4. The van der Waals surface area contributed by atoms with Gasteiger partial charge in [-0.25, -0.2) is 4.79 Å². The summed E-state index contributed by atoms with van der Waals surface area (Å²) < 4.78 is 5.40. The molecular formula is C33H40Cl3N5O5. The fraction of sp³-hybridized carbons (Fsp3) is 0.455. The average Bonchev–Trinajstić information content (AvgIpc) is 3.38. The summed E-state index contributed by atoms with van der Waals surface area (Å²) in [5, 5.41) is 10.6. The van der Waals surface area contributed by atoms with Gasteiger partial charge in [-0.1, -0.05) is 87.5 Å². The number of carbonyl (C=O) groups excluding carboxylic acids is 4. The zero-order chi connectivity index (χ0) is 33.8. The third kappa shape index (κ3) is 7.90. The van der Waals surface area contributed by atoms with Gasteiger partial charge in [0.15, 0.2) is 0 Å². The normalized spacial score (nSPS) is 18.5. The molecule has 5 atom stereocenters. The van der Waals surface area contributed by atoms with Gasteiger partial charge in [-0.3, -0.25) is 14.4 Å². The summed E-state index contributed by atoms with van der Waals surface area (Å²) >= 11 is 18.9. The van der Waals surface area contributed by atoms with Crippen molar-refractivity contribution in [3.63, 3.8) is 0 Å². The molecule has 4 rings (SSSR count). The number of hydrogen-bond acceptors (Lipinski definition) is 5. The maximum atomic E-state index is 14.2. The number of rotatable bonds is 12. The molecule has 1 aliphatic rings. The molecule has 10 nitrogen and oxygen atoms in total. The van der Waals surface area contributed by atoms with Crippen molar-refractivity contribution >= 4 is 69.5 Å². The second-order valence-electron chi connectivity index (χ2n) is 12.1. The van der Waals surface area contributed by atoms with Crippen LogP contribution < -0.4 is 21.7 Å². The number of alkyl carbamates (subject to hydrolysis) is 1. The lowest BCUT2D eigenvalue weighted by atomic mass is 9.78. The molecule has 1 aliphatic carbocycles. The van der Waals surface area contributed by atoms with E-state index in [-0.39, 0.29) is 31.3 Å². The number of fused-ring (bicyclic) bond motifs is 3. The Hall–Kier alpha value is -3.47. The van der Waals surface area contributed by atoms with Crippen molar-refractivity contribution in [3.05, 3.63) is 68.3 Å². The molecule has 0 aliphatic heterocycles. The van der Waals surface area contributed by atoms with E-state index in [0.29, 0.717) is 45.4 Å². The molecule has 2 aromatic carbocycles. The van der Waals surface area contributed by atoms with Crippen LogP contribution in [-0.4, -0.2) is 46.4 Å². The lowest BCUT2D eigenvalue weighted by molar-refractivity contribution is -0.137. The Kier molecular flexibility index (Phi) is 11.5. The molecule has 46 heavy (non-hydrogen) atoms. The molecule has 248 valence electrons. The zero-order valence-electron chi connectivity index (χ0n) is 26.3. The number of aryl methyl sites for hydroxylation is 1. The van der Waals surface area contributed by atoms with Gasteiger partial charge in [-0.2, -0.15) is 0 Å². The van der Waals surface area contributed by atoms with E-state index in [9.17, 15) is 19.2 Å². The molecule has 0 radical (unpaired) electrons.